The monoisotopic (exact) mass is 240 g/mol. The molecule has 0 amide bonds. The predicted molar refractivity (Wildman–Crippen MR) is 73.2 cm³/mol. The first-order valence-corrected chi connectivity index (χ1v) is 6.03. The van der Waals surface area contributed by atoms with Crippen LogP contribution in [0.15, 0.2) is 42.5 Å². The maximum atomic E-state index is 10.7. The van der Waals surface area contributed by atoms with Crippen LogP contribution in [0.2, 0.25) is 0 Å². The lowest BCUT2D eigenvalue weighted by atomic mass is 9.98. The standard InChI is InChI=1S/C16H16O2/c1-3-18-15-6-4-5-14(10-15)16-8-7-13(11-17)9-12(16)2/h4-11H,3H2,1-2H3. The van der Waals surface area contributed by atoms with Gasteiger partial charge in [-0.3, -0.25) is 4.79 Å². The summed E-state index contributed by atoms with van der Waals surface area (Å²) in [6.07, 6.45) is 0.868. The summed E-state index contributed by atoms with van der Waals surface area (Å²) >= 11 is 0. The minimum Gasteiger partial charge on any atom is -0.494 e. The molecular formula is C16H16O2. The summed E-state index contributed by atoms with van der Waals surface area (Å²) in [5.41, 5.74) is 4.03. The van der Waals surface area contributed by atoms with Gasteiger partial charge in [0.2, 0.25) is 0 Å². The second kappa shape index (κ2) is 5.50. The van der Waals surface area contributed by atoms with Gasteiger partial charge >= 0.3 is 0 Å². The van der Waals surface area contributed by atoms with Gasteiger partial charge in [0.25, 0.3) is 0 Å². The van der Waals surface area contributed by atoms with Crippen LogP contribution in [0.3, 0.4) is 0 Å². The summed E-state index contributed by atoms with van der Waals surface area (Å²) in [6.45, 7) is 4.64. The SMILES string of the molecule is CCOc1cccc(-c2ccc(C=O)cc2C)c1. The molecule has 18 heavy (non-hydrogen) atoms. The largest absolute Gasteiger partial charge is 0.494 e. The Morgan fingerprint density at radius 1 is 1.17 bits per heavy atom. The first kappa shape index (κ1) is 12.4. The Bertz CT molecular complexity index is 559. The van der Waals surface area contributed by atoms with Crippen molar-refractivity contribution in [3.05, 3.63) is 53.6 Å². The molecule has 2 heteroatoms. The van der Waals surface area contributed by atoms with E-state index >= 15 is 0 Å². The minimum atomic E-state index is 0.659. The van der Waals surface area contributed by atoms with E-state index in [2.05, 4.69) is 0 Å². The number of carbonyl (C=O) groups excluding carboxylic acids is 1. The molecule has 0 N–H and O–H groups in total. The summed E-state index contributed by atoms with van der Waals surface area (Å²) < 4.78 is 5.50. The van der Waals surface area contributed by atoms with Crippen molar-refractivity contribution in [2.45, 2.75) is 13.8 Å². The molecule has 0 unspecified atom stereocenters. The van der Waals surface area contributed by atoms with E-state index in [0.717, 1.165) is 28.7 Å². The molecule has 0 bridgehead atoms. The zero-order chi connectivity index (χ0) is 13.0. The smallest absolute Gasteiger partial charge is 0.150 e. The second-order valence-electron chi connectivity index (χ2n) is 4.15. The number of aldehydes is 1. The van der Waals surface area contributed by atoms with Crippen molar-refractivity contribution in [3.8, 4) is 16.9 Å². The molecule has 2 rings (SSSR count). The Morgan fingerprint density at radius 2 is 2.00 bits per heavy atom. The number of hydrogen-bond acceptors (Lipinski definition) is 2. The molecule has 0 saturated carbocycles. The lowest BCUT2D eigenvalue weighted by Crippen LogP contribution is -1.92. The van der Waals surface area contributed by atoms with Crippen molar-refractivity contribution in [3.63, 3.8) is 0 Å². The third-order valence-corrected chi connectivity index (χ3v) is 2.84. The highest BCUT2D eigenvalue weighted by atomic mass is 16.5. The minimum absolute atomic E-state index is 0.659. The summed E-state index contributed by atoms with van der Waals surface area (Å²) in [6, 6.07) is 13.7. The predicted octanol–water partition coefficient (Wildman–Crippen LogP) is 3.87. The Hall–Kier alpha value is -2.09. The van der Waals surface area contributed by atoms with Gasteiger partial charge in [0.05, 0.1) is 6.61 Å². The first-order chi connectivity index (χ1) is 8.74. The van der Waals surface area contributed by atoms with Gasteiger partial charge in [-0.05, 0) is 48.7 Å². The Balaban J connectivity index is 2.41. The van der Waals surface area contributed by atoms with Gasteiger partial charge in [-0.2, -0.15) is 0 Å². The van der Waals surface area contributed by atoms with Crippen LogP contribution in [-0.2, 0) is 0 Å². The molecule has 0 radical (unpaired) electrons. The summed E-state index contributed by atoms with van der Waals surface area (Å²) in [4.78, 5) is 10.7. The Labute approximate surface area is 107 Å². The molecule has 2 aromatic rings. The summed E-state index contributed by atoms with van der Waals surface area (Å²) in [5.74, 6) is 0.869. The molecule has 0 heterocycles. The van der Waals surface area contributed by atoms with Gasteiger partial charge in [0.15, 0.2) is 0 Å². The summed E-state index contributed by atoms with van der Waals surface area (Å²) in [7, 11) is 0. The number of aryl methyl sites for hydroxylation is 1. The number of ether oxygens (including phenoxy) is 1. The van der Waals surface area contributed by atoms with E-state index < -0.39 is 0 Å². The van der Waals surface area contributed by atoms with Crippen LogP contribution >= 0.6 is 0 Å². The average Bonchev–Trinajstić information content (AvgIpc) is 2.39. The van der Waals surface area contributed by atoms with Crippen LogP contribution in [-0.4, -0.2) is 12.9 Å². The number of benzene rings is 2. The van der Waals surface area contributed by atoms with Gasteiger partial charge in [-0.1, -0.05) is 24.3 Å². The zero-order valence-electron chi connectivity index (χ0n) is 10.6. The maximum Gasteiger partial charge on any atom is 0.150 e. The second-order valence-corrected chi connectivity index (χ2v) is 4.15. The van der Waals surface area contributed by atoms with Crippen LogP contribution in [0.5, 0.6) is 5.75 Å². The molecule has 0 spiro atoms. The van der Waals surface area contributed by atoms with E-state index in [1.54, 1.807) is 0 Å². The number of hydrogen-bond donors (Lipinski definition) is 0. The summed E-state index contributed by atoms with van der Waals surface area (Å²) in [5, 5.41) is 0. The first-order valence-electron chi connectivity index (χ1n) is 6.03. The van der Waals surface area contributed by atoms with E-state index in [0.29, 0.717) is 12.2 Å². The van der Waals surface area contributed by atoms with E-state index in [-0.39, 0.29) is 0 Å². The van der Waals surface area contributed by atoms with Crippen molar-refractivity contribution in [2.75, 3.05) is 6.61 Å². The van der Waals surface area contributed by atoms with Crippen molar-refractivity contribution in [1.82, 2.24) is 0 Å². The van der Waals surface area contributed by atoms with Crippen LogP contribution in [0, 0.1) is 6.92 Å². The number of carbonyl (C=O) groups is 1. The molecule has 2 nitrogen and oxygen atoms in total. The fraction of sp³-hybridized carbons (Fsp3) is 0.188. The Morgan fingerprint density at radius 3 is 2.67 bits per heavy atom. The van der Waals surface area contributed by atoms with Crippen molar-refractivity contribution in [1.29, 1.82) is 0 Å². The highest BCUT2D eigenvalue weighted by Crippen LogP contribution is 2.27. The van der Waals surface area contributed by atoms with Crippen LogP contribution in [0.25, 0.3) is 11.1 Å². The third-order valence-electron chi connectivity index (χ3n) is 2.84. The van der Waals surface area contributed by atoms with E-state index in [9.17, 15) is 4.79 Å². The average molecular weight is 240 g/mol. The van der Waals surface area contributed by atoms with Gasteiger partial charge in [-0.25, -0.2) is 0 Å². The van der Waals surface area contributed by atoms with Gasteiger partial charge < -0.3 is 4.74 Å². The van der Waals surface area contributed by atoms with Gasteiger partial charge in [-0.15, -0.1) is 0 Å². The fourth-order valence-corrected chi connectivity index (χ4v) is 2.00. The van der Waals surface area contributed by atoms with Crippen molar-refractivity contribution >= 4 is 6.29 Å². The molecule has 0 saturated heterocycles. The number of rotatable bonds is 4. The van der Waals surface area contributed by atoms with E-state index in [1.165, 1.54) is 0 Å². The topological polar surface area (TPSA) is 26.3 Å². The van der Waals surface area contributed by atoms with Crippen molar-refractivity contribution < 1.29 is 9.53 Å². The Kier molecular flexibility index (Phi) is 3.78. The molecular weight excluding hydrogens is 224 g/mol. The third kappa shape index (κ3) is 2.59. The maximum absolute atomic E-state index is 10.7. The highest BCUT2D eigenvalue weighted by molar-refractivity contribution is 5.78. The molecule has 92 valence electrons. The van der Waals surface area contributed by atoms with E-state index in [4.69, 9.17) is 4.74 Å². The van der Waals surface area contributed by atoms with Gasteiger partial charge in [0.1, 0.15) is 12.0 Å². The molecule has 0 aliphatic carbocycles. The quantitative estimate of drug-likeness (QED) is 0.758. The zero-order valence-corrected chi connectivity index (χ0v) is 10.6. The fourth-order valence-electron chi connectivity index (χ4n) is 2.00. The molecule has 2 aromatic carbocycles. The molecule has 0 atom stereocenters. The normalized spacial score (nSPS) is 10.1. The van der Waals surface area contributed by atoms with Crippen LogP contribution in [0.1, 0.15) is 22.8 Å². The van der Waals surface area contributed by atoms with E-state index in [1.807, 2.05) is 56.3 Å². The van der Waals surface area contributed by atoms with Gasteiger partial charge in [0, 0.05) is 5.56 Å². The molecule has 0 aliphatic rings. The van der Waals surface area contributed by atoms with Crippen molar-refractivity contribution in [2.24, 2.45) is 0 Å². The lowest BCUT2D eigenvalue weighted by Gasteiger charge is -2.09. The van der Waals surface area contributed by atoms with Crippen LogP contribution < -0.4 is 4.74 Å². The lowest BCUT2D eigenvalue weighted by molar-refractivity contribution is 0.112. The van der Waals surface area contributed by atoms with Crippen LogP contribution in [0.4, 0.5) is 0 Å². The molecule has 0 fully saturated rings. The molecule has 0 aromatic heterocycles. The highest BCUT2D eigenvalue weighted by Gasteiger charge is 2.04. The molecule has 0 aliphatic heterocycles.